The number of unbranched alkanes of at least 4 members (excludes halogenated alkanes) is 1. The van der Waals surface area contributed by atoms with Gasteiger partial charge in [-0.25, -0.2) is 4.98 Å². The lowest BCUT2D eigenvalue weighted by atomic mass is 10.1. The smallest absolute Gasteiger partial charge is 0.311 e. The van der Waals surface area contributed by atoms with Crippen LogP contribution in [0.3, 0.4) is 0 Å². The van der Waals surface area contributed by atoms with Crippen LogP contribution < -0.4 is 0 Å². The molecule has 2 aromatic rings. The normalized spacial score (nSPS) is 11.1. The molecule has 0 aliphatic heterocycles. The highest BCUT2D eigenvalue weighted by atomic mass is 16.4. The number of fused-ring (bicyclic) bond motifs is 1. The van der Waals surface area contributed by atoms with E-state index in [2.05, 4.69) is 37.0 Å². The van der Waals surface area contributed by atoms with Crippen LogP contribution in [0, 0.1) is 0 Å². The average Bonchev–Trinajstić information content (AvgIpc) is 2.71. The molecule has 1 heterocycles. The molecule has 0 aliphatic carbocycles. The van der Waals surface area contributed by atoms with Gasteiger partial charge in [0.15, 0.2) is 0 Å². The van der Waals surface area contributed by atoms with Crippen molar-refractivity contribution < 1.29 is 9.90 Å². The lowest BCUT2D eigenvalue weighted by Crippen LogP contribution is -2.09. The van der Waals surface area contributed by atoms with Gasteiger partial charge in [-0.15, -0.1) is 0 Å². The van der Waals surface area contributed by atoms with Crippen molar-refractivity contribution in [2.24, 2.45) is 0 Å². The largest absolute Gasteiger partial charge is 0.481 e. The number of carbonyl (C=O) groups is 1. The predicted octanol–water partition coefficient (Wildman–Crippen LogP) is 3.03. The van der Waals surface area contributed by atoms with Gasteiger partial charge < -0.3 is 9.67 Å². The minimum Gasteiger partial charge on any atom is -0.481 e. The molecule has 0 radical (unpaired) electrons. The molecule has 0 aliphatic rings. The highest BCUT2D eigenvalue weighted by molar-refractivity contribution is 5.78. The highest BCUT2D eigenvalue weighted by Gasteiger charge is 2.13. The molecular formula is C15H20N2O2. The standard InChI is InChI=1S/C15H20N2O2/c1-3-5-8-17-13-7-6-11(4-2)9-12(13)16-14(17)10-15(18)19/h6-7,9H,3-5,8,10H2,1-2H3,(H,18,19). The zero-order valence-corrected chi connectivity index (χ0v) is 11.5. The van der Waals surface area contributed by atoms with Gasteiger partial charge in [0.25, 0.3) is 0 Å². The molecule has 4 heteroatoms. The summed E-state index contributed by atoms with van der Waals surface area (Å²) in [4.78, 5) is 15.4. The summed E-state index contributed by atoms with van der Waals surface area (Å²) in [5.41, 5.74) is 3.18. The molecule has 19 heavy (non-hydrogen) atoms. The maximum Gasteiger partial charge on any atom is 0.311 e. The van der Waals surface area contributed by atoms with Crippen molar-refractivity contribution in [2.75, 3.05) is 0 Å². The van der Waals surface area contributed by atoms with Gasteiger partial charge >= 0.3 is 5.97 Å². The van der Waals surface area contributed by atoms with Gasteiger partial charge in [0.05, 0.1) is 11.0 Å². The first-order valence-electron chi connectivity index (χ1n) is 6.85. The van der Waals surface area contributed by atoms with Crippen molar-refractivity contribution in [1.29, 1.82) is 0 Å². The Kier molecular flexibility index (Phi) is 4.20. The minimum atomic E-state index is -0.830. The van der Waals surface area contributed by atoms with Gasteiger partial charge in [-0.05, 0) is 30.5 Å². The van der Waals surface area contributed by atoms with Crippen molar-refractivity contribution in [3.05, 3.63) is 29.6 Å². The van der Waals surface area contributed by atoms with E-state index in [0.29, 0.717) is 5.82 Å². The van der Waals surface area contributed by atoms with Crippen molar-refractivity contribution >= 4 is 17.0 Å². The lowest BCUT2D eigenvalue weighted by Gasteiger charge is -2.07. The second-order valence-corrected chi connectivity index (χ2v) is 4.78. The number of benzene rings is 1. The highest BCUT2D eigenvalue weighted by Crippen LogP contribution is 2.19. The molecule has 1 aromatic carbocycles. The lowest BCUT2D eigenvalue weighted by molar-refractivity contribution is -0.136. The number of nitrogens with zero attached hydrogens (tertiary/aromatic N) is 2. The Morgan fingerprint density at radius 2 is 2.16 bits per heavy atom. The Morgan fingerprint density at radius 1 is 1.37 bits per heavy atom. The van der Waals surface area contributed by atoms with Crippen LogP contribution in [-0.4, -0.2) is 20.6 Å². The molecule has 0 amide bonds. The Morgan fingerprint density at radius 3 is 2.79 bits per heavy atom. The number of carboxylic acids is 1. The summed E-state index contributed by atoms with van der Waals surface area (Å²) in [5.74, 6) is -0.173. The van der Waals surface area contributed by atoms with Crippen LogP contribution in [0.5, 0.6) is 0 Å². The van der Waals surface area contributed by atoms with Crippen LogP contribution >= 0.6 is 0 Å². The van der Waals surface area contributed by atoms with Crippen LogP contribution in [0.15, 0.2) is 18.2 Å². The van der Waals surface area contributed by atoms with Crippen LogP contribution in [0.1, 0.15) is 38.1 Å². The molecule has 0 bridgehead atoms. The summed E-state index contributed by atoms with van der Waals surface area (Å²) in [6, 6.07) is 6.21. The third-order valence-corrected chi connectivity index (χ3v) is 3.34. The Bertz CT molecular complexity index is 587. The summed E-state index contributed by atoms with van der Waals surface area (Å²) in [7, 11) is 0. The van der Waals surface area contributed by atoms with Crippen LogP contribution in [0.4, 0.5) is 0 Å². The molecule has 1 N–H and O–H groups in total. The van der Waals surface area contributed by atoms with E-state index < -0.39 is 5.97 Å². The molecule has 0 saturated carbocycles. The number of carboxylic acid groups (broad SMARTS) is 1. The quantitative estimate of drug-likeness (QED) is 0.868. The summed E-state index contributed by atoms with van der Waals surface area (Å²) >= 11 is 0. The fourth-order valence-corrected chi connectivity index (χ4v) is 2.28. The van der Waals surface area contributed by atoms with E-state index in [1.54, 1.807) is 0 Å². The van der Waals surface area contributed by atoms with Crippen molar-refractivity contribution in [3.63, 3.8) is 0 Å². The van der Waals surface area contributed by atoms with Gasteiger partial charge in [-0.1, -0.05) is 26.3 Å². The van der Waals surface area contributed by atoms with E-state index in [4.69, 9.17) is 5.11 Å². The predicted molar refractivity (Wildman–Crippen MR) is 75.4 cm³/mol. The van der Waals surface area contributed by atoms with E-state index in [-0.39, 0.29) is 6.42 Å². The van der Waals surface area contributed by atoms with E-state index in [1.165, 1.54) is 5.56 Å². The molecule has 2 rings (SSSR count). The van der Waals surface area contributed by atoms with Gasteiger partial charge in [0.1, 0.15) is 12.2 Å². The molecule has 0 fully saturated rings. The van der Waals surface area contributed by atoms with Gasteiger partial charge in [-0.2, -0.15) is 0 Å². The molecule has 0 unspecified atom stereocenters. The molecule has 102 valence electrons. The van der Waals surface area contributed by atoms with Crippen LogP contribution in [-0.2, 0) is 24.2 Å². The Hall–Kier alpha value is -1.84. The summed E-state index contributed by atoms with van der Waals surface area (Å²) in [6.07, 6.45) is 3.07. The Labute approximate surface area is 113 Å². The molecule has 1 aromatic heterocycles. The van der Waals surface area contributed by atoms with Crippen LogP contribution in [0.2, 0.25) is 0 Å². The van der Waals surface area contributed by atoms with Crippen molar-refractivity contribution in [2.45, 2.75) is 46.1 Å². The molecular weight excluding hydrogens is 240 g/mol. The minimum absolute atomic E-state index is 0.0140. The monoisotopic (exact) mass is 260 g/mol. The third kappa shape index (κ3) is 2.95. The molecule has 0 spiro atoms. The van der Waals surface area contributed by atoms with Crippen molar-refractivity contribution in [3.8, 4) is 0 Å². The first kappa shape index (κ1) is 13.6. The molecule has 0 atom stereocenters. The SMILES string of the molecule is CCCCn1c(CC(=O)O)nc2cc(CC)ccc21. The van der Waals surface area contributed by atoms with E-state index >= 15 is 0 Å². The summed E-state index contributed by atoms with van der Waals surface area (Å²) < 4.78 is 2.05. The maximum absolute atomic E-state index is 10.9. The molecule has 4 nitrogen and oxygen atoms in total. The Balaban J connectivity index is 2.48. The second-order valence-electron chi connectivity index (χ2n) is 4.78. The van der Waals surface area contributed by atoms with E-state index in [9.17, 15) is 4.79 Å². The number of rotatable bonds is 6. The van der Waals surface area contributed by atoms with E-state index in [1.807, 2.05) is 4.57 Å². The molecule has 0 saturated heterocycles. The third-order valence-electron chi connectivity index (χ3n) is 3.34. The number of hydrogen-bond donors (Lipinski definition) is 1. The maximum atomic E-state index is 10.9. The first-order valence-corrected chi connectivity index (χ1v) is 6.85. The van der Waals surface area contributed by atoms with Gasteiger partial charge in [0, 0.05) is 6.54 Å². The number of aliphatic carboxylic acids is 1. The number of hydrogen-bond acceptors (Lipinski definition) is 2. The number of aryl methyl sites for hydroxylation is 2. The summed E-state index contributed by atoms with van der Waals surface area (Å²) in [5, 5.41) is 8.99. The zero-order chi connectivity index (χ0) is 13.8. The van der Waals surface area contributed by atoms with E-state index in [0.717, 1.165) is 36.8 Å². The average molecular weight is 260 g/mol. The fraction of sp³-hybridized carbons (Fsp3) is 0.467. The zero-order valence-electron chi connectivity index (χ0n) is 11.5. The fourth-order valence-electron chi connectivity index (χ4n) is 2.28. The number of aromatic nitrogens is 2. The van der Waals surface area contributed by atoms with Crippen molar-refractivity contribution in [1.82, 2.24) is 9.55 Å². The topological polar surface area (TPSA) is 55.1 Å². The van der Waals surface area contributed by atoms with Gasteiger partial charge in [0.2, 0.25) is 0 Å². The first-order chi connectivity index (χ1) is 9.15. The summed E-state index contributed by atoms with van der Waals surface area (Å²) in [6.45, 7) is 5.07. The second kappa shape index (κ2) is 5.87. The van der Waals surface area contributed by atoms with Crippen LogP contribution in [0.25, 0.3) is 11.0 Å². The number of imidazole rings is 1. The van der Waals surface area contributed by atoms with Gasteiger partial charge in [-0.3, -0.25) is 4.79 Å².